The molecule has 0 aromatic heterocycles. The van der Waals surface area contributed by atoms with E-state index in [1.54, 1.807) is 0 Å². The molecule has 0 saturated carbocycles. The van der Waals surface area contributed by atoms with E-state index in [9.17, 15) is 4.79 Å². The average Bonchev–Trinajstić information content (AvgIpc) is 2.30. The molecule has 2 N–H and O–H groups in total. The maximum Gasteiger partial charge on any atom is 0.234 e. The Hall–Kier alpha value is -0.870. The molecule has 16 heavy (non-hydrogen) atoms. The second kappa shape index (κ2) is 5.46. The Morgan fingerprint density at radius 1 is 1.38 bits per heavy atom. The summed E-state index contributed by atoms with van der Waals surface area (Å²) in [5, 5.41) is 6.10. The average molecular weight is 283 g/mol. The van der Waals surface area contributed by atoms with Crippen LogP contribution in [0.1, 0.15) is 12.0 Å². The summed E-state index contributed by atoms with van der Waals surface area (Å²) in [7, 11) is 0. The molecule has 4 heteroatoms. The van der Waals surface area contributed by atoms with E-state index in [4.69, 9.17) is 0 Å². The van der Waals surface area contributed by atoms with Crippen LogP contribution in [0.3, 0.4) is 0 Å². The Labute approximate surface area is 104 Å². The van der Waals surface area contributed by atoms with Gasteiger partial charge in [-0.25, -0.2) is 0 Å². The van der Waals surface area contributed by atoms with Crippen LogP contribution in [0.4, 0.5) is 0 Å². The lowest BCUT2D eigenvalue weighted by Gasteiger charge is -2.24. The lowest BCUT2D eigenvalue weighted by molar-refractivity contribution is -0.121. The fraction of sp³-hybridized carbons (Fsp3) is 0.417. The molecule has 1 aliphatic rings. The first-order valence-corrected chi connectivity index (χ1v) is 6.28. The number of carbonyl (C=O) groups excluding carboxylic acids is 1. The number of rotatable bonds is 3. The number of nitrogens with one attached hydrogen (secondary N) is 2. The van der Waals surface area contributed by atoms with Crippen molar-refractivity contribution in [1.29, 1.82) is 0 Å². The van der Waals surface area contributed by atoms with Crippen LogP contribution in [0.2, 0.25) is 0 Å². The highest BCUT2D eigenvalue weighted by Gasteiger charge is 2.16. The van der Waals surface area contributed by atoms with E-state index < -0.39 is 0 Å². The van der Waals surface area contributed by atoms with E-state index in [1.807, 2.05) is 6.07 Å². The summed E-state index contributed by atoms with van der Waals surface area (Å²) >= 11 is 3.54. The van der Waals surface area contributed by atoms with Crippen LogP contribution in [0.15, 0.2) is 28.7 Å². The van der Waals surface area contributed by atoms with Gasteiger partial charge in [-0.15, -0.1) is 0 Å². The van der Waals surface area contributed by atoms with E-state index in [-0.39, 0.29) is 5.91 Å². The Morgan fingerprint density at radius 2 is 2.19 bits per heavy atom. The van der Waals surface area contributed by atoms with Crippen molar-refractivity contribution in [3.8, 4) is 0 Å². The number of hydrogen-bond donors (Lipinski definition) is 2. The third-order valence-corrected chi connectivity index (χ3v) is 3.59. The summed E-state index contributed by atoms with van der Waals surface area (Å²) < 4.78 is 1.16. The Morgan fingerprint density at radius 3 is 2.88 bits per heavy atom. The van der Waals surface area contributed by atoms with Crippen LogP contribution in [0.25, 0.3) is 0 Å². The van der Waals surface area contributed by atoms with Crippen LogP contribution >= 0.6 is 15.9 Å². The molecule has 1 atom stereocenters. The van der Waals surface area contributed by atoms with E-state index in [2.05, 4.69) is 44.8 Å². The van der Waals surface area contributed by atoms with Crippen molar-refractivity contribution in [3.05, 3.63) is 34.3 Å². The monoisotopic (exact) mass is 282 g/mol. The number of aryl methyl sites for hydroxylation is 1. The van der Waals surface area contributed by atoms with Gasteiger partial charge >= 0.3 is 0 Å². The molecule has 0 radical (unpaired) electrons. The smallest absolute Gasteiger partial charge is 0.234 e. The molecule has 1 heterocycles. The van der Waals surface area contributed by atoms with Crippen molar-refractivity contribution >= 4 is 21.8 Å². The van der Waals surface area contributed by atoms with Crippen LogP contribution in [0, 0.1) is 0 Å². The van der Waals surface area contributed by atoms with Gasteiger partial charge in [0.15, 0.2) is 0 Å². The summed E-state index contributed by atoms with van der Waals surface area (Å²) in [5.74, 6) is 0.0946. The van der Waals surface area contributed by atoms with Gasteiger partial charge in [-0.1, -0.05) is 34.1 Å². The van der Waals surface area contributed by atoms with Gasteiger partial charge in [0.05, 0.1) is 6.54 Å². The largest absolute Gasteiger partial charge is 0.353 e. The van der Waals surface area contributed by atoms with E-state index >= 15 is 0 Å². The van der Waals surface area contributed by atoms with Crippen molar-refractivity contribution in [2.24, 2.45) is 0 Å². The minimum Gasteiger partial charge on any atom is -0.353 e. The van der Waals surface area contributed by atoms with Gasteiger partial charge in [-0.2, -0.15) is 0 Å². The van der Waals surface area contributed by atoms with Gasteiger partial charge in [-0.3, -0.25) is 4.79 Å². The summed E-state index contributed by atoms with van der Waals surface area (Å²) in [6.45, 7) is 1.18. The molecule has 1 aromatic rings. The van der Waals surface area contributed by atoms with Crippen molar-refractivity contribution in [2.75, 3.05) is 13.1 Å². The molecule has 1 saturated heterocycles. The quantitative estimate of drug-likeness (QED) is 0.882. The van der Waals surface area contributed by atoms with Gasteiger partial charge in [0.1, 0.15) is 0 Å². The summed E-state index contributed by atoms with van der Waals surface area (Å²) in [4.78, 5) is 11.0. The van der Waals surface area contributed by atoms with Gasteiger partial charge in [0.2, 0.25) is 5.91 Å². The zero-order chi connectivity index (χ0) is 11.4. The number of benzene rings is 1. The van der Waals surface area contributed by atoms with Crippen molar-refractivity contribution in [3.63, 3.8) is 0 Å². The fourth-order valence-electron chi connectivity index (χ4n) is 1.84. The lowest BCUT2D eigenvalue weighted by Crippen LogP contribution is -2.51. The zero-order valence-electron chi connectivity index (χ0n) is 9.00. The van der Waals surface area contributed by atoms with E-state index in [1.165, 1.54) is 5.56 Å². The second-order valence-electron chi connectivity index (χ2n) is 4.01. The third kappa shape index (κ3) is 3.06. The Bertz CT molecular complexity index is 371. The molecular formula is C12H15BrN2O. The van der Waals surface area contributed by atoms with Crippen LogP contribution < -0.4 is 10.6 Å². The van der Waals surface area contributed by atoms with Crippen LogP contribution in [-0.2, 0) is 11.2 Å². The maximum absolute atomic E-state index is 11.0. The van der Waals surface area contributed by atoms with Gasteiger partial charge < -0.3 is 10.6 Å². The normalized spacial score (nSPS) is 20.6. The van der Waals surface area contributed by atoms with E-state index in [0.717, 1.165) is 23.9 Å². The first-order valence-electron chi connectivity index (χ1n) is 5.49. The molecule has 1 aromatic carbocycles. The maximum atomic E-state index is 11.0. The topological polar surface area (TPSA) is 41.1 Å². The second-order valence-corrected chi connectivity index (χ2v) is 4.87. The highest BCUT2D eigenvalue weighted by Crippen LogP contribution is 2.18. The van der Waals surface area contributed by atoms with Crippen molar-refractivity contribution in [1.82, 2.24) is 10.6 Å². The van der Waals surface area contributed by atoms with Crippen LogP contribution in [0.5, 0.6) is 0 Å². The van der Waals surface area contributed by atoms with Crippen molar-refractivity contribution in [2.45, 2.75) is 18.9 Å². The molecule has 2 rings (SSSR count). The highest BCUT2D eigenvalue weighted by atomic mass is 79.9. The lowest BCUT2D eigenvalue weighted by atomic mass is 10.0. The van der Waals surface area contributed by atoms with Crippen LogP contribution in [-0.4, -0.2) is 25.0 Å². The Balaban J connectivity index is 1.84. The first kappa shape index (κ1) is 11.6. The Kier molecular flexibility index (Phi) is 3.96. The molecule has 3 nitrogen and oxygen atoms in total. The third-order valence-electron chi connectivity index (χ3n) is 2.82. The van der Waals surface area contributed by atoms with Gasteiger partial charge in [-0.05, 0) is 24.5 Å². The molecular weight excluding hydrogens is 268 g/mol. The first-order chi connectivity index (χ1) is 7.75. The molecule has 86 valence electrons. The highest BCUT2D eigenvalue weighted by molar-refractivity contribution is 9.10. The number of halogens is 1. The van der Waals surface area contributed by atoms with Gasteiger partial charge in [0, 0.05) is 17.1 Å². The SMILES string of the molecule is O=C1CNC(CCc2ccccc2Br)CN1. The fourth-order valence-corrected chi connectivity index (χ4v) is 2.33. The number of carbonyl (C=O) groups is 1. The minimum atomic E-state index is 0.0946. The summed E-state index contributed by atoms with van der Waals surface area (Å²) in [5.41, 5.74) is 1.32. The number of piperazine rings is 1. The molecule has 1 fully saturated rings. The molecule has 0 spiro atoms. The van der Waals surface area contributed by atoms with Gasteiger partial charge in [0.25, 0.3) is 0 Å². The zero-order valence-corrected chi connectivity index (χ0v) is 10.6. The van der Waals surface area contributed by atoms with Crippen molar-refractivity contribution < 1.29 is 4.79 Å². The molecule has 1 amide bonds. The predicted octanol–water partition coefficient (Wildman–Crippen LogP) is 1.47. The predicted molar refractivity (Wildman–Crippen MR) is 67.3 cm³/mol. The minimum absolute atomic E-state index is 0.0946. The standard InChI is InChI=1S/C12H15BrN2O/c13-11-4-2-1-3-9(11)5-6-10-7-15-12(16)8-14-10/h1-4,10,14H,5-8H2,(H,15,16). The summed E-state index contributed by atoms with van der Waals surface area (Å²) in [6.07, 6.45) is 2.07. The number of amides is 1. The molecule has 0 aliphatic carbocycles. The summed E-state index contributed by atoms with van der Waals surface area (Å²) in [6, 6.07) is 8.66. The van der Waals surface area contributed by atoms with E-state index in [0.29, 0.717) is 12.6 Å². The molecule has 0 bridgehead atoms. The number of hydrogen-bond acceptors (Lipinski definition) is 2. The molecule has 1 aliphatic heterocycles. The molecule has 1 unspecified atom stereocenters.